The molecule has 0 saturated carbocycles. The van der Waals surface area contributed by atoms with E-state index in [0.29, 0.717) is 17.0 Å². The normalized spacial score (nSPS) is 15.1. The van der Waals surface area contributed by atoms with Crippen LogP contribution in [0, 0.1) is 0 Å². The number of rotatable bonds is 7. The third-order valence-electron chi connectivity index (χ3n) is 6.03. The van der Waals surface area contributed by atoms with Crippen LogP contribution in [0.4, 0.5) is 18.9 Å². The summed E-state index contributed by atoms with van der Waals surface area (Å²) in [6.45, 7) is 0.120. The maximum atomic E-state index is 13.2. The van der Waals surface area contributed by atoms with Gasteiger partial charge in [-0.2, -0.15) is 0 Å². The number of anilines is 1. The van der Waals surface area contributed by atoms with E-state index in [0.717, 1.165) is 21.2 Å². The number of alkyl halides is 3. The lowest BCUT2D eigenvalue weighted by atomic mass is 10.1. The zero-order valence-electron chi connectivity index (χ0n) is 19.5. The fraction of sp³-hybridized carbons (Fsp3) is 0.185. The molecule has 1 aliphatic rings. The Labute approximate surface area is 213 Å². The predicted octanol–water partition coefficient (Wildman–Crippen LogP) is 6.30. The van der Waals surface area contributed by atoms with Gasteiger partial charge in [-0.15, -0.1) is 24.5 Å². The molecule has 0 N–H and O–H groups in total. The second kappa shape index (κ2) is 9.78. The number of amides is 1. The number of hydrogen-bond donors (Lipinski definition) is 0. The zero-order chi connectivity index (χ0) is 26.2. The summed E-state index contributed by atoms with van der Waals surface area (Å²) in [4.78, 5) is 26.4. The number of benzene rings is 3. The number of esters is 1. The molecule has 6 nitrogen and oxygen atoms in total. The Morgan fingerprint density at radius 2 is 1.76 bits per heavy atom. The van der Waals surface area contributed by atoms with E-state index in [2.05, 4.69) is 4.74 Å². The lowest BCUT2D eigenvalue weighted by Crippen LogP contribution is -2.31. The van der Waals surface area contributed by atoms with Gasteiger partial charge in [0.15, 0.2) is 0 Å². The van der Waals surface area contributed by atoms with Crippen LogP contribution in [0.3, 0.4) is 0 Å². The minimum Gasteiger partial charge on any atom is -0.491 e. The molecule has 1 amide bonds. The molecule has 10 heteroatoms. The summed E-state index contributed by atoms with van der Waals surface area (Å²) < 4.78 is 53.4. The Kier molecular flexibility index (Phi) is 6.51. The van der Waals surface area contributed by atoms with Crippen molar-refractivity contribution >= 4 is 39.0 Å². The van der Waals surface area contributed by atoms with Crippen LogP contribution in [0.5, 0.6) is 11.5 Å². The highest BCUT2D eigenvalue weighted by Crippen LogP contribution is 2.39. The Balaban J connectivity index is 1.38. The second-order valence-corrected chi connectivity index (χ2v) is 9.21. The van der Waals surface area contributed by atoms with Gasteiger partial charge in [0, 0.05) is 16.0 Å². The molecule has 1 atom stereocenters. The first-order valence-corrected chi connectivity index (χ1v) is 12.1. The molecule has 3 aromatic carbocycles. The highest BCUT2D eigenvalue weighted by molar-refractivity contribution is 7.17. The van der Waals surface area contributed by atoms with Gasteiger partial charge in [0.2, 0.25) is 0 Å². The molecule has 0 saturated heterocycles. The molecule has 1 aromatic heterocycles. The first-order valence-electron chi connectivity index (χ1n) is 11.2. The fourth-order valence-electron chi connectivity index (χ4n) is 4.36. The first kappa shape index (κ1) is 24.6. The molecule has 0 aliphatic carbocycles. The van der Waals surface area contributed by atoms with Gasteiger partial charge in [-0.3, -0.25) is 14.5 Å². The van der Waals surface area contributed by atoms with Gasteiger partial charge < -0.3 is 14.2 Å². The summed E-state index contributed by atoms with van der Waals surface area (Å²) in [7, 11) is 1.35. The van der Waals surface area contributed by atoms with Crippen molar-refractivity contribution in [1.29, 1.82) is 0 Å². The molecule has 0 bridgehead atoms. The van der Waals surface area contributed by atoms with Crippen molar-refractivity contribution in [1.82, 2.24) is 0 Å². The average molecular weight is 528 g/mol. The maximum absolute atomic E-state index is 13.2. The number of thiophene rings is 1. The van der Waals surface area contributed by atoms with E-state index in [4.69, 9.17) is 9.47 Å². The van der Waals surface area contributed by atoms with Gasteiger partial charge in [-0.1, -0.05) is 18.2 Å². The summed E-state index contributed by atoms with van der Waals surface area (Å²) >= 11 is 1.49. The van der Waals surface area contributed by atoms with Crippen molar-refractivity contribution in [2.24, 2.45) is 0 Å². The number of fused-ring (bicyclic) bond motifs is 2. The van der Waals surface area contributed by atoms with E-state index in [-0.39, 0.29) is 30.7 Å². The zero-order valence-corrected chi connectivity index (χ0v) is 20.3. The number of carbonyl (C=O) groups is 2. The maximum Gasteiger partial charge on any atom is 0.573 e. The van der Waals surface area contributed by atoms with Gasteiger partial charge in [-0.25, -0.2) is 0 Å². The first-order chi connectivity index (χ1) is 17.7. The topological polar surface area (TPSA) is 65.1 Å². The second-order valence-electron chi connectivity index (χ2n) is 8.30. The standard InChI is InChI=1S/C27H20F3NO5S/c1-34-25(32)12-16-15-37-24-13-19(10-11-20(16)24)35-14-23-21-4-2-3-5-22(21)26(33)31(23)17-6-8-18(9-7-17)36-27(28,29)30/h2-11,13,15,23H,12,14H2,1H3. The summed E-state index contributed by atoms with van der Waals surface area (Å²) in [6.07, 6.45) is -4.62. The molecule has 190 valence electrons. The summed E-state index contributed by atoms with van der Waals surface area (Å²) in [5, 5.41) is 2.84. The van der Waals surface area contributed by atoms with Gasteiger partial charge in [0.1, 0.15) is 18.1 Å². The van der Waals surface area contributed by atoms with Crippen molar-refractivity contribution in [2.75, 3.05) is 18.6 Å². The van der Waals surface area contributed by atoms with E-state index >= 15 is 0 Å². The molecule has 0 radical (unpaired) electrons. The van der Waals surface area contributed by atoms with E-state index in [1.54, 1.807) is 18.2 Å². The molecule has 1 unspecified atom stereocenters. The molecule has 5 rings (SSSR count). The van der Waals surface area contributed by atoms with E-state index in [1.807, 2.05) is 29.6 Å². The van der Waals surface area contributed by atoms with Crippen LogP contribution < -0.4 is 14.4 Å². The molecular weight excluding hydrogens is 507 g/mol. The Bertz CT molecular complexity index is 1470. The number of carbonyl (C=O) groups excluding carboxylic acids is 2. The van der Waals surface area contributed by atoms with Crippen LogP contribution in [0.15, 0.2) is 72.1 Å². The summed E-state index contributed by atoms with van der Waals surface area (Å²) in [5.74, 6) is -0.369. The van der Waals surface area contributed by atoms with E-state index < -0.39 is 12.4 Å². The van der Waals surface area contributed by atoms with Crippen molar-refractivity contribution < 1.29 is 37.0 Å². The van der Waals surface area contributed by atoms with E-state index in [1.165, 1.54) is 47.6 Å². The largest absolute Gasteiger partial charge is 0.573 e. The van der Waals surface area contributed by atoms with Crippen LogP contribution >= 0.6 is 11.3 Å². The molecule has 4 aromatic rings. The Morgan fingerprint density at radius 3 is 2.49 bits per heavy atom. The van der Waals surface area contributed by atoms with Crippen LogP contribution in [0.25, 0.3) is 10.1 Å². The highest BCUT2D eigenvalue weighted by atomic mass is 32.1. The number of nitrogens with zero attached hydrogens (tertiary/aromatic N) is 1. The average Bonchev–Trinajstić information content (AvgIpc) is 3.40. The minimum atomic E-state index is -4.80. The minimum absolute atomic E-state index is 0.120. The van der Waals surface area contributed by atoms with Crippen molar-refractivity contribution in [2.45, 2.75) is 18.8 Å². The molecular formula is C27H20F3NO5S. The molecule has 0 spiro atoms. The molecule has 0 fully saturated rings. The molecule has 37 heavy (non-hydrogen) atoms. The quantitative estimate of drug-likeness (QED) is 0.264. The molecule has 2 heterocycles. The Morgan fingerprint density at radius 1 is 1.03 bits per heavy atom. The van der Waals surface area contributed by atoms with Gasteiger partial charge in [0.25, 0.3) is 5.91 Å². The van der Waals surface area contributed by atoms with Crippen molar-refractivity contribution in [3.63, 3.8) is 0 Å². The third kappa shape index (κ3) is 5.10. The number of halogens is 3. The van der Waals surface area contributed by atoms with E-state index in [9.17, 15) is 22.8 Å². The van der Waals surface area contributed by atoms with Crippen LogP contribution in [-0.2, 0) is 16.0 Å². The number of hydrogen-bond acceptors (Lipinski definition) is 6. The number of methoxy groups -OCH3 is 1. The summed E-state index contributed by atoms with van der Waals surface area (Å²) in [6, 6.07) is 17.4. The lowest BCUT2D eigenvalue weighted by molar-refractivity contribution is -0.274. The third-order valence-corrected chi connectivity index (χ3v) is 7.02. The summed E-state index contributed by atoms with van der Waals surface area (Å²) in [5.41, 5.74) is 2.57. The van der Waals surface area contributed by atoms with Crippen LogP contribution in [-0.4, -0.2) is 32.0 Å². The van der Waals surface area contributed by atoms with Crippen molar-refractivity contribution in [3.8, 4) is 11.5 Å². The van der Waals surface area contributed by atoms with Crippen LogP contribution in [0.1, 0.15) is 27.5 Å². The lowest BCUT2D eigenvalue weighted by Gasteiger charge is -2.26. The number of ether oxygens (including phenoxy) is 3. The highest BCUT2D eigenvalue weighted by Gasteiger charge is 2.38. The smallest absolute Gasteiger partial charge is 0.491 e. The van der Waals surface area contributed by atoms with Crippen molar-refractivity contribution in [3.05, 3.63) is 88.8 Å². The SMILES string of the molecule is COC(=O)Cc1csc2cc(OCC3c4ccccc4C(=O)N3c3ccc(OC(F)(F)F)cc3)ccc12. The monoisotopic (exact) mass is 527 g/mol. The van der Waals surface area contributed by atoms with Gasteiger partial charge in [-0.05, 0) is 70.4 Å². The predicted molar refractivity (Wildman–Crippen MR) is 132 cm³/mol. The van der Waals surface area contributed by atoms with Gasteiger partial charge in [0.05, 0.1) is 19.6 Å². The Hall–Kier alpha value is -4.05. The fourth-order valence-corrected chi connectivity index (χ4v) is 5.35. The van der Waals surface area contributed by atoms with Gasteiger partial charge >= 0.3 is 12.3 Å². The van der Waals surface area contributed by atoms with Crippen LogP contribution in [0.2, 0.25) is 0 Å². The molecule has 1 aliphatic heterocycles.